The number of rotatable bonds is 4. The molecule has 5 nitrogen and oxygen atoms in total. The van der Waals surface area contributed by atoms with Crippen LogP contribution >= 0.6 is 11.3 Å². The molecular formula is C22H17N4OS+. The van der Waals surface area contributed by atoms with Gasteiger partial charge in [0.1, 0.15) is 11.4 Å². The second-order valence-corrected chi connectivity index (χ2v) is 7.39. The summed E-state index contributed by atoms with van der Waals surface area (Å²) < 4.78 is 4.03. The van der Waals surface area contributed by atoms with Crippen molar-refractivity contribution in [3.05, 3.63) is 89.1 Å². The summed E-state index contributed by atoms with van der Waals surface area (Å²) in [5.74, 6) is 0.635. The normalized spacial score (nSPS) is 11.3. The van der Waals surface area contributed by atoms with Gasteiger partial charge < -0.3 is 4.98 Å². The van der Waals surface area contributed by atoms with E-state index in [0.29, 0.717) is 17.8 Å². The minimum absolute atomic E-state index is 0.104. The van der Waals surface area contributed by atoms with Crippen LogP contribution in [0.2, 0.25) is 0 Å². The Balaban J connectivity index is 1.60. The Kier molecular flexibility index (Phi) is 3.91. The maximum absolute atomic E-state index is 12.9. The Morgan fingerprint density at radius 3 is 2.75 bits per heavy atom. The summed E-state index contributed by atoms with van der Waals surface area (Å²) in [7, 11) is 0. The van der Waals surface area contributed by atoms with Gasteiger partial charge in [0.2, 0.25) is 6.33 Å². The Morgan fingerprint density at radius 2 is 1.93 bits per heavy atom. The third kappa shape index (κ3) is 2.66. The third-order valence-electron chi connectivity index (χ3n) is 4.83. The first kappa shape index (κ1) is 16.6. The highest BCUT2D eigenvalue weighted by atomic mass is 32.1. The van der Waals surface area contributed by atoms with E-state index in [0.717, 1.165) is 27.0 Å². The van der Waals surface area contributed by atoms with E-state index in [4.69, 9.17) is 4.98 Å². The average Bonchev–Trinajstić information content (AvgIpc) is 3.31. The highest BCUT2D eigenvalue weighted by Gasteiger charge is 2.17. The van der Waals surface area contributed by atoms with Crippen molar-refractivity contribution in [2.24, 2.45) is 0 Å². The fourth-order valence-corrected chi connectivity index (χ4v) is 4.50. The molecule has 0 aliphatic rings. The predicted octanol–water partition coefficient (Wildman–Crippen LogP) is 4.04. The quantitative estimate of drug-likeness (QED) is 0.475. The van der Waals surface area contributed by atoms with Crippen LogP contribution < -0.4 is 10.1 Å². The van der Waals surface area contributed by atoms with Crippen LogP contribution in [-0.4, -0.2) is 14.5 Å². The van der Waals surface area contributed by atoms with Crippen molar-refractivity contribution in [3.8, 4) is 11.1 Å². The first-order valence-corrected chi connectivity index (χ1v) is 9.80. The molecule has 0 saturated carbocycles. The predicted molar refractivity (Wildman–Crippen MR) is 113 cm³/mol. The fraction of sp³-hybridized carbons (Fsp3) is 0.0455. The number of nitrogens with zero attached hydrogens (tertiary/aromatic N) is 3. The Bertz CT molecular complexity index is 1380. The van der Waals surface area contributed by atoms with E-state index in [2.05, 4.69) is 16.1 Å². The smallest absolute Gasteiger partial charge is 0.260 e. The number of benzene rings is 2. The minimum atomic E-state index is -0.104. The molecule has 5 rings (SSSR count). The molecule has 28 heavy (non-hydrogen) atoms. The highest BCUT2D eigenvalue weighted by molar-refractivity contribution is 7.17. The molecule has 0 unspecified atom stereocenters. The lowest BCUT2D eigenvalue weighted by Gasteiger charge is -2.01. The number of H-pyrrole nitrogens is 1. The van der Waals surface area contributed by atoms with Gasteiger partial charge in [-0.15, -0.1) is 11.3 Å². The van der Waals surface area contributed by atoms with Crippen molar-refractivity contribution in [1.29, 1.82) is 0 Å². The molecule has 0 bridgehead atoms. The van der Waals surface area contributed by atoms with E-state index in [9.17, 15) is 4.79 Å². The molecule has 3 aromatic heterocycles. The van der Waals surface area contributed by atoms with Gasteiger partial charge >= 0.3 is 0 Å². The van der Waals surface area contributed by atoms with Crippen molar-refractivity contribution < 1.29 is 4.57 Å². The van der Waals surface area contributed by atoms with Gasteiger partial charge in [-0.2, -0.15) is 0 Å². The van der Waals surface area contributed by atoms with Crippen LogP contribution in [0, 0.1) is 0 Å². The molecule has 0 fully saturated rings. The number of thiophene rings is 1. The molecule has 3 heterocycles. The number of aromatic nitrogens is 4. The van der Waals surface area contributed by atoms with Gasteiger partial charge in [-0.05, 0) is 17.7 Å². The second-order valence-electron chi connectivity index (χ2n) is 6.53. The van der Waals surface area contributed by atoms with Gasteiger partial charge in [0, 0.05) is 10.9 Å². The van der Waals surface area contributed by atoms with Gasteiger partial charge in [-0.25, -0.2) is 14.1 Å². The second kappa shape index (κ2) is 6.58. The van der Waals surface area contributed by atoms with Crippen molar-refractivity contribution in [2.45, 2.75) is 6.54 Å². The third-order valence-corrected chi connectivity index (χ3v) is 5.70. The fourth-order valence-electron chi connectivity index (χ4n) is 3.53. The summed E-state index contributed by atoms with van der Waals surface area (Å²) >= 11 is 1.50. The van der Waals surface area contributed by atoms with E-state index in [1.165, 1.54) is 11.3 Å². The van der Waals surface area contributed by atoms with E-state index in [1.54, 1.807) is 6.20 Å². The Hall–Kier alpha value is -3.51. The van der Waals surface area contributed by atoms with Gasteiger partial charge in [0.05, 0.1) is 11.6 Å². The Morgan fingerprint density at radius 1 is 1.14 bits per heavy atom. The van der Waals surface area contributed by atoms with Crippen LogP contribution in [0.5, 0.6) is 0 Å². The molecule has 0 aliphatic carbocycles. The molecule has 1 N–H and O–H groups in total. The van der Waals surface area contributed by atoms with Crippen molar-refractivity contribution in [3.63, 3.8) is 0 Å². The first-order chi connectivity index (χ1) is 13.7. The van der Waals surface area contributed by atoms with Gasteiger partial charge in [-0.1, -0.05) is 49.0 Å². The number of imidazole rings is 1. The summed E-state index contributed by atoms with van der Waals surface area (Å²) in [5.41, 5.74) is 3.96. The van der Waals surface area contributed by atoms with Crippen LogP contribution in [0.15, 0.2) is 77.7 Å². The SMILES string of the molecule is C=Cn1c[n+](Cc2nc3scc(-c4ccccc4)c3c(=O)[nH]2)c2ccccc21. The molecule has 5 aromatic rings. The maximum atomic E-state index is 12.9. The lowest BCUT2D eigenvalue weighted by atomic mass is 10.1. The van der Waals surface area contributed by atoms with Crippen molar-refractivity contribution >= 4 is 38.8 Å². The van der Waals surface area contributed by atoms with Gasteiger partial charge in [0.25, 0.3) is 5.56 Å². The van der Waals surface area contributed by atoms with Crippen LogP contribution in [0.3, 0.4) is 0 Å². The zero-order chi connectivity index (χ0) is 19.1. The molecule has 0 aliphatic heterocycles. The van der Waals surface area contributed by atoms with Crippen LogP contribution in [0.1, 0.15) is 5.82 Å². The zero-order valence-electron chi connectivity index (χ0n) is 15.0. The Labute approximate surface area is 164 Å². The summed E-state index contributed by atoms with van der Waals surface area (Å²) in [6, 6.07) is 18.0. The number of fused-ring (bicyclic) bond motifs is 2. The first-order valence-electron chi connectivity index (χ1n) is 8.92. The van der Waals surface area contributed by atoms with Gasteiger partial charge in [0.15, 0.2) is 16.9 Å². The number of para-hydroxylation sites is 2. The summed E-state index contributed by atoms with van der Waals surface area (Å²) in [4.78, 5) is 21.3. The molecule has 0 saturated heterocycles. The molecule has 0 atom stereocenters. The van der Waals surface area contributed by atoms with Gasteiger partial charge in [-0.3, -0.25) is 4.79 Å². The largest absolute Gasteiger partial charge is 0.307 e. The molecular weight excluding hydrogens is 368 g/mol. The maximum Gasteiger partial charge on any atom is 0.260 e. The lowest BCUT2D eigenvalue weighted by Crippen LogP contribution is -2.34. The van der Waals surface area contributed by atoms with E-state index >= 15 is 0 Å². The molecule has 136 valence electrons. The van der Waals surface area contributed by atoms with E-state index in [-0.39, 0.29) is 5.56 Å². The standard InChI is InChI=1S/C22H16N4OS/c1-2-25-14-26(18-11-7-6-10-17(18)25)12-19-23-21(27)20-16(13-28-22(20)24-19)15-8-4-3-5-9-15/h2-11,13-14H,1,12H2/p+1. The minimum Gasteiger partial charge on any atom is -0.307 e. The molecule has 2 aromatic carbocycles. The summed E-state index contributed by atoms with van der Waals surface area (Å²) in [6.45, 7) is 4.34. The number of aromatic amines is 1. The molecule has 0 amide bonds. The van der Waals surface area contributed by atoms with E-state index in [1.807, 2.05) is 70.9 Å². The van der Waals surface area contributed by atoms with Crippen LogP contribution in [0.25, 0.3) is 38.6 Å². The van der Waals surface area contributed by atoms with Crippen molar-refractivity contribution in [2.75, 3.05) is 0 Å². The lowest BCUT2D eigenvalue weighted by molar-refractivity contribution is -0.663. The molecule has 0 spiro atoms. The average molecular weight is 385 g/mol. The monoisotopic (exact) mass is 385 g/mol. The topological polar surface area (TPSA) is 54.6 Å². The highest BCUT2D eigenvalue weighted by Crippen LogP contribution is 2.30. The molecule has 0 radical (unpaired) electrons. The zero-order valence-corrected chi connectivity index (χ0v) is 15.8. The summed E-state index contributed by atoms with van der Waals surface area (Å²) in [6.07, 6.45) is 3.73. The molecule has 6 heteroatoms. The van der Waals surface area contributed by atoms with Crippen LogP contribution in [-0.2, 0) is 6.54 Å². The van der Waals surface area contributed by atoms with E-state index < -0.39 is 0 Å². The van der Waals surface area contributed by atoms with Crippen molar-refractivity contribution in [1.82, 2.24) is 14.5 Å². The number of hydrogen-bond donors (Lipinski definition) is 1. The number of nitrogens with one attached hydrogen (secondary N) is 1. The summed E-state index contributed by atoms with van der Waals surface area (Å²) in [5, 5.41) is 2.65. The van der Waals surface area contributed by atoms with Crippen LogP contribution in [0.4, 0.5) is 0 Å². The number of hydrogen-bond acceptors (Lipinski definition) is 3.